The Hall–Kier alpha value is -1.90. The molecule has 20 heavy (non-hydrogen) atoms. The fraction of sp³-hybridized carbons (Fsp3) is 0.545. The number of thioether (sulfide) groups is 1. The molecule has 8 nitrogen and oxygen atoms in total. The van der Waals surface area contributed by atoms with Gasteiger partial charge in [0.1, 0.15) is 5.82 Å². The summed E-state index contributed by atoms with van der Waals surface area (Å²) in [5, 5.41) is 18.5. The first kappa shape index (κ1) is 14.5. The monoisotopic (exact) mass is 295 g/mol. The maximum Gasteiger partial charge on any atom is 0.238 e. The van der Waals surface area contributed by atoms with Gasteiger partial charge in [-0.3, -0.25) is 4.79 Å². The Kier molecular flexibility index (Phi) is 4.38. The minimum absolute atomic E-state index is 0.111. The molecule has 0 radical (unpaired) electrons. The smallest absolute Gasteiger partial charge is 0.238 e. The van der Waals surface area contributed by atoms with Crippen LogP contribution in [0.1, 0.15) is 26.8 Å². The molecular weight excluding hydrogens is 278 g/mol. The van der Waals surface area contributed by atoms with E-state index in [9.17, 15) is 4.79 Å². The molecule has 0 aromatic carbocycles. The van der Waals surface area contributed by atoms with Crippen molar-refractivity contribution in [1.29, 1.82) is 0 Å². The van der Waals surface area contributed by atoms with E-state index in [1.54, 1.807) is 24.0 Å². The predicted molar refractivity (Wildman–Crippen MR) is 75.4 cm³/mol. The Morgan fingerprint density at radius 3 is 2.75 bits per heavy atom. The number of nitrogens with one attached hydrogen (secondary N) is 1. The number of anilines is 1. The first-order valence-electron chi connectivity index (χ1n) is 6.22. The number of tetrazole rings is 1. The van der Waals surface area contributed by atoms with Gasteiger partial charge in [0.05, 0.1) is 11.4 Å². The van der Waals surface area contributed by atoms with E-state index in [4.69, 9.17) is 0 Å². The molecule has 9 heteroatoms. The molecule has 2 aromatic heterocycles. The Labute approximate surface area is 120 Å². The fourth-order valence-corrected chi connectivity index (χ4v) is 2.34. The number of aryl methyl sites for hydroxylation is 1. The summed E-state index contributed by atoms with van der Waals surface area (Å²) in [7, 11) is 1.74. The number of nitrogens with zero attached hydrogens (tertiary/aromatic N) is 6. The van der Waals surface area contributed by atoms with Crippen LogP contribution >= 0.6 is 11.8 Å². The van der Waals surface area contributed by atoms with Crippen LogP contribution in [-0.4, -0.2) is 41.1 Å². The van der Waals surface area contributed by atoms with Crippen LogP contribution in [0.2, 0.25) is 0 Å². The Morgan fingerprint density at radius 1 is 1.40 bits per heavy atom. The van der Waals surface area contributed by atoms with Gasteiger partial charge < -0.3 is 5.32 Å². The van der Waals surface area contributed by atoms with Crippen molar-refractivity contribution < 1.29 is 4.79 Å². The Morgan fingerprint density at radius 2 is 2.15 bits per heavy atom. The lowest BCUT2D eigenvalue weighted by molar-refractivity contribution is -0.115. The van der Waals surface area contributed by atoms with Crippen LogP contribution in [0, 0.1) is 0 Å². The largest absolute Gasteiger partial charge is 0.310 e. The third kappa shape index (κ3) is 3.16. The van der Waals surface area contributed by atoms with E-state index >= 15 is 0 Å². The first-order valence-corrected chi connectivity index (χ1v) is 7.10. The van der Waals surface area contributed by atoms with Gasteiger partial charge >= 0.3 is 0 Å². The number of hydrogen-bond donors (Lipinski definition) is 1. The molecule has 2 rings (SSSR count). The van der Waals surface area contributed by atoms with E-state index in [0.29, 0.717) is 11.0 Å². The van der Waals surface area contributed by atoms with Crippen molar-refractivity contribution in [1.82, 2.24) is 30.0 Å². The number of hydrogen-bond acceptors (Lipinski definition) is 6. The van der Waals surface area contributed by atoms with Crippen molar-refractivity contribution in [2.24, 2.45) is 7.05 Å². The number of carbonyl (C=O) groups excluding carboxylic acids is 1. The summed E-state index contributed by atoms with van der Waals surface area (Å²) in [5.74, 6) is 0.578. The molecule has 108 valence electrons. The van der Waals surface area contributed by atoms with Gasteiger partial charge in [0.15, 0.2) is 0 Å². The van der Waals surface area contributed by atoms with Crippen LogP contribution in [0.15, 0.2) is 17.4 Å². The third-order valence-electron chi connectivity index (χ3n) is 2.64. The average molecular weight is 295 g/mol. The highest BCUT2D eigenvalue weighted by molar-refractivity contribution is 8.00. The molecule has 1 N–H and O–H groups in total. The van der Waals surface area contributed by atoms with Gasteiger partial charge in [-0.25, -0.2) is 9.36 Å². The van der Waals surface area contributed by atoms with Crippen LogP contribution in [-0.2, 0) is 11.8 Å². The Bertz CT molecular complexity index is 591. The summed E-state index contributed by atoms with van der Waals surface area (Å²) in [6.07, 6.45) is 1.67. The van der Waals surface area contributed by atoms with Crippen molar-refractivity contribution in [3.63, 3.8) is 0 Å². The molecule has 0 saturated carbocycles. The number of amides is 1. The average Bonchev–Trinajstić information content (AvgIpc) is 2.99. The van der Waals surface area contributed by atoms with Gasteiger partial charge in [-0.1, -0.05) is 11.8 Å². The van der Waals surface area contributed by atoms with Crippen LogP contribution in [0.4, 0.5) is 5.82 Å². The minimum atomic E-state index is -0.310. The van der Waals surface area contributed by atoms with Crippen molar-refractivity contribution >= 4 is 23.5 Å². The van der Waals surface area contributed by atoms with Gasteiger partial charge in [0.25, 0.3) is 0 Å². The predicted octanol–water partition coefficient (Wildman–Crippen LogP) is 1.11. The molecule has 0 unspecified atom stereocenters. The van der Waals surface area contributed by atoms with Gasteiger partial charge in [-0.15, -0.1) is 5.10 Å². The summed E-state index contributed by atoms with van der Waals surface area (Å²) in [6.45, 7) is 5.82. The Balaban J connectivity index is 2.01. The first-order chi connectivity index (χ1) is 9.49. The quantitative estimate of drug-likeness (QED) is 0.831. The van der Waals surface area contributed by atoms with Gasteiger partial charge in [-0.2, -0.15) is 5.10 Å². The topological polar surface area (TPSA) is 90.5 Å². The molecule has 0 aliphatic carbocycles. The highest BCUT2D eigenvalue weighted by Gasteiger charge is 2.19. The SMILES string of the molecule is CC(C)n1nccc1NC(=O)[C@@H](C)Sc1nnnn1C. The molecule has 0 saturated heterocycles. The summed E-state index contributed by atoms with van der Waals surface area (Å²) < 4.78 is 3.30. The second-order valence-electron chi connectivity index (χ2n) is 4.59. The maximum absolute atomic E-state index is 12.2. The molecule has 0 bridgehead atoms. The van der Waals surface area contributed by atoms with E-state index in [1.807, 2.05) is 20.8 Å². The second-order valence-corrected chi connectivity index (χ2v) is 5.90. The molecular formula is C11H17N7OS. The van der Waals surface area contributed by atoms with E-state index in [1.165, 1.54) is 16.4 Å². The number of carbonyl (C=O) groups is 1. The molecule has 2 heterocycles. The molecule has 0 spiro atoms. The second kappa shape index (κ2) is 6.04. The zero-order chi connectivity index (χ0) is 14.7. The lowest BCUT2D eigenvalue weighted by Crippen LogP contribution is -2.25. The zero-order valence-corrected chi connectivity index (χ0v) is 12.6. The molecule has 0 aliphatic rings. The van der Waals surface area contributed by atoms with E-state index < -0.39 is 0 Å². The van der Waals surface area contributed by atoms with Gasteiger partial charge in [0, 0.05) is 19.2 Å². The van der Waals surface area contributed by atoms with Crippen molar-refractivity contribution in [3.05, 3.63) is 12.3 Å². The van der Waals surface area contributed by atoms with Gasteiger partial charge in [-0.05, 0) is 31.2 Å². The molecule has 1 atom stereocenters. The maximum atomic E-state index is 12.2. The molecule has 1 amide bonds. The lowest BCUT2D eigenvalue weighted by atomic mass is 10.4. The van der Waals surface area contributed by atoms with E-state index in [0.717, 1.165) is 0 Å². The highest BCUT2D eigenvalue weighted by Crippen LogP contribution is 2.21. The van der Waals surface area contributed by atoms with Crippen LogP contribution < -0.4 is 5.32 Å². The summed E-state index contributed by atoms with van der Waals surface area (Å²) in [5.41, 5.74) is 0. The molecule has 2 aromatic rings. The summed E-state index contributed by atoms with van der Waals surface area (Å²) in [4.78, 5) is 12.2. The van der Waals surface area contributed by atoms with Gasteiger partial charge in [0.2, 0.25) is 11.1 Å². The number of aromatic nitrogens is 6. The summed E-state index contributed by atoms with van der Waals surface area (Å²) in [6, 6.07) is 1.96. The number of rotatable bonds is 5. The zero-order valence-electron chi connectivity index (χ0n) is 11.8. The molecule has 0 aliphatic heterocycles. The van der Waals surface area contributed by atoms with Crippen LogP contribution in [0.5, 0.6) is 0 Å². The standard InChI is InChI=1S/C11H17N7OS/c1-7(2)18-9(5-6-12-18)13-10(19)8(3)20-11-14-15-16-17(11)4/h5-8H,1-4H3,(H,13,19)/t8-/m1/s1. The van der Waals surface area contributed by atoms with E-state index in [-0.39, 0.29) is 17.2 Å². The van der Waals surface area contributed by atoms with E-state index in [2.05, 4.69) is 25.9 Å². The van der Waals surface area contributed by atoms with Crippen molar-refractivity contribution in [2.45, 2.75) is 37.2 Å². The van der Waals surface area contributed by atoms with Crippen molar-refractivity contribution in [2.75, 3.05) is 5.32 Å². The van der Waals surface area contributed by atoms with Crippen LogP contribution in [0.25, 0.3) is 0 Å². The molecule has 0 fully saturated rings. The third-order valence-corrected chi connectivity index (χ3v) is 3.77. The fourth-order valence-electron chi connectivity index (χ4n) is 1.59. The minimum Gasteiger partial charge on any atom is -0.310 e. The van der Waals surface area contributed by atoms with Crippen LogP contribution in [0.3, 0.4) is 0 Å². The highest BCUT2D eigenvalue weighted by atomic mass is 32.2. The normalized spacial score (nSPS) is 12.7. The van der Waals surface area contributed by atoms with Crippen molar-refractivity contribution in [3.8, 4) is 0 Å². The lowest BCUT2D eigenvalue weighted by Gasteiger charge is -2.14. The summed E-state index contributed by atoms with van der Waals surface area (Å²) >= 11 is 1.31.